The summed E-state index contributed by atoms with van der Waals surface area (Å²) in [6, 6.07) is 0.757. The minimum absolute atomic E-state index is 0.0251. The van der Waals surface area contributed by atoms with Crippen LogP contribution >= 0.6 is 12.2 Å². The van der Waals surface area contributed by atoms with Crippen molar-refractivity contribution >= 4 is 23.1 Å². The van der Waals surface area contributed by atoms with Crippen LogP contribution in [0, 0.1) is 24.4 Å². The predicted molar refractivity (Wildman–Crippen MR) is 45.7 cm³/mol. The maximum absolute atomic E-state index is 13.0. The maximum Gasteiger partial charge on any atom is 0.188 e. The van der Waals surface area contributed by atoms with Crippen LogP contribution in [0.4, 0.5) is 18.9 Å². The van der Waals surface area contributed by atoms with Crippen molar-refractivity contribution < 1.29 is 13.2 Å². The van der Waals surface area contributed by atoms with Gasteiger partial charge in [0.1, 0.15) is 5.69 Å². The molecule has 0 aliphatic heterocycles. The molecule has 0 amide bonds. The van der Waals surface area contributed by atoms with Gasteiger partial charge in [-0.15, -0.1) is 0 Å². The summed E-state index contributed by atoms with van der Waals surface area (Å²) in [5.74, 6) is -3.42. The van der Waals surface area contributed by atoms with Gasteiger partial charge in [0.05, 0.1) is 5.16 Å². The average molecular weight is 203 g/mol. The van der Waals surface area contributed by atoms with Crippen LogP contribution in [0.3, 0.4) is 0 Å². The Balaban J connectivity index is 3.55. The van der Waals surface area contributed by atoms with Gasteiger partial charge in [-0.25, -0.2) is 13.2 Å². The van der Waals surface area contributed by atoms with Gasteiger partial charge in [0.25, 0.3) is 0 Å². The molecule has 1 aromatic rings. The van der Waals surface area contributed by atoms with Crippen molar-refractivity contribution in [3.63, 3.8) is 0 Å². The van der Waals surface area contributed by atoms with Crippen LogP contribution in [0.25, 0.3) is 0 Å². The molecule has 0 aliphatic carbocycles. The molecular weight excluding hydrogens is 199 g/mol. The molecule has 0 fully saturated rings. The number of rotatable bonds is 1. The monoisotopic (exact) mass is 203 g/mol. The molecule has 1 aromatic carbocycles. The summed E-state index contributed by atoms with van der Waals surface area (Å²) in [5, 5.41) is 1.78. The smallest absolute Gasteiger partial charge is 0.188 e. The molecule has 0 atom stereocenters. The molecule has 0 aliphatic rings. The fourth-order valence-electron chi connectivity index (χ4n) is 0.857. The van der Waals surface area contributed by atoms with E-state index in [1.807, 2.05) is 0 Å². The summed E-state index contributed by atoms with van der Waals surface area (Å²) in [6.07, 6.45) is 0. The minimum Gasteiger partial charge on any atom is -0.204 e. The van der Waals surface area contributed by atoms with Crippen molar-refractivity contribution in [1.29, 1.82) is 0 Å². The third-order valence-corrected chi connectivity index (χ3v) is 1.56. The van der Waals surface area contributed by atoms with E-state index < -0.39 is 23.1 Å². The van der Waals surface area contributed by atoms with Crippen molar-refractivity contribution in [2.75, 3.05) is 0 Å². The molecular formula is C8H4F3NS. The first kappa shape index (κ1) is 9.89. The van der Waals surface area contributed by atoms with E-state index in [9.17, 15) is 13.2 Å². The normalized spacial score (nSPS) is 9.54. The van der Waals surface area contributed by atoms with Gasteiger partial charge >= 0.3 is 0 Å². The Labute approximate surface area is 77.9 Å². The standard InChI is InChI=1S/C8H4F3NS/c1-4-2-5(9)7(11)8(6(4)10)12-3-13/h2H,1H3. The molecule has 0 N–H and O–H groups in total. The molecule has 0 saturated heterocycles. The van der Waals surface area contributed by atoms with E-state index in [4.69, 9.17) is 0 Å². The Morgan fingerprint density at radius 2 is 1.92 bits per heavy atom. The molecule has 1 rings (SSSR count). The van der Waals surface area contributed by atoms with E-state index in [0.717, 1.165) is 6.07 Å². The van der Waals surface area contributed by atoms with Crippen LogP contribution < -0.4 is 0 Å². The number of isothiocyanates is 1. The predicted octanol–water partition coefficient (Wildman–Crippen LogP) is 3.15. The lowest BCUT2D eigenvalue weighted by molar-refractivity contribution is 0.495. The first-order chi connectivity index (χ1) is 6.07. The summed E-state index contributed by atoms with van der Waals surface area (Å²) >= 11 is 4.17. The molecule has 0 radical (unpaired) electrons. The van der Waals surface area contributed by atoms with Crippen LogP contribution in [0.2, 0.25) is 0 Å². The van der Waals surface area contributed by atoms with E-state index in [1.165, 1.54) is 6.92 Å². The van der Waals surface area contributed by atoms with Gasteiger partial charge in [0.15, 0.2) is 17.5 Å². The maximum atomic E-state index is 13.0. The Morgan fingerprint density at radius 1 is 1.31 bits per heavy atom. The highest BCUT2D eigenvalue weighted by Gasteiger charge is 2.15. The van der Waals surface area contributed by atoms with Crippen LogP contribution in [0.5, 0.6) is 0 Å². The van der Waals surface area contributed by atoms with E-state index in [-0.39, 0.29) is 5.56 Å². The lowest BCUT2D eigenvalue weighted by Gasteiger charge is -2.01. The van der Waals surface area contributed by atoms with Gasteiger partial charge < -0.3 is 0 Å². The zero-order valence-corrected chi connectivity index (χ0v) is 7.38. The first-order valence-electron chi connectivity index (χ1n) is 3.30. The zero-order chi connectivity index (χ0) is 10.0. The topological polar surface area (TPSA) is 12.4 Å². The third kappa shape index (κ3) is 1.76. The fourth-order valence-corrected chi connectivity index (χ4v) is 0.948. The van der Waals surface area contributed by atoms with E-state index in [2.05, 4.69) is 17.2 Å². The van der Waals surface area contributed by atoms with Gasteiger partial charge in [-0.05, 0) is 30.8 Å². The highest BCUT2D eigenvalue weighted by atomic mass is 32.1. The number of aryl methyl sites for hydroxylation is 1. The number of aliphatic imine (C=N–C) groups is 1. The second-order valence-electron chi connectivity index (χ2n) is 2.35. The van der Waals surface area contributed by atoms with Crippen molar-refractivity contribution in [3.05, 3.63) is 29.1 Å². The molecule has 0 spiro atoms. The highest BCUT2D eigenvalue weighted by molar-refractivity contribution is 7.78. The molecule has 1 nitrogen and oxygen atoms in total. The Morgan fingerprint density at radius 3 is 2.46 bits per heavy atom. The van der Waals surface area contributed by atoms with Crippen LogP contribution in [-0.4, -0.2) is 5.16 Å². The summed E-state index contributed by atoms with van der Waals surface area (Å²) < 4.78 is 38.6. The van der Waals surface area contributed by atoms with Gasteiger partial charge in [0.2, 0.25) is 0 Å². The summed E-state index contributed by atoms with van der Waals surface area (Å²) in [6.45, 7) is 1.31. The number of benzene rings is 1. The molecule has 13 heavy (non-hydrogen) atoms. The zero-order valence-electron chi connectivity index (χ0n) is 6.57. The lowest BCUT2D eigenvalue weighted by atomic mass is 10.2. The van der Waals surface area contributed by atoms with Gasteiger partial charge in [-0.3, -0.25) is 0 Å². The third-order valence-electron chi connectivity index (χ3n) is 1.47. The fraction of sp³-hybridized carbons (Fsp3) is 0.125. The summed E-state index contributed by atoms with van der Waals surface area (Å²) in [4.78, 5) is 3.10. The van der Waals surface area contributed by atoms with E-state index in [1.54, 1.807) is 5.16 Å². The molecule has 0 aromatic heterocycles. The quantitative estimate of drug-likeness (QED) is 0.388. The largest absolute Gasteiger partial charge is 0.204 e. The number of thiocarbonyl (C=S) groups is 1. The molecule has 0 saturated carbocycles. The Kier molecular flexibility index (Phi) is 2.80. The number of hydrogen-bond donors (Lipinski definition) is 0. The minimum atomic E-state index is -1.35. The Bertz CT molecular complexity index is 371. The number of halogens is 3. The SMILES string of the molecule is Cc1cc(F)c(F)c(N=C=S)c1F. The van der Waals surface area contributed by atoms with Crippen molar-refractivity contribution in [2.24, 2.45) is 4.99 Å². The molecule has 0 unspecified atom stereocenters. The van der Waals surface area contributed by atoms with E-state index in [0.29, 0.717) is 0 Å². The molecule has 0 heterocycles. The lowest BCUT2D eigenvalue weighted by Crippen LogP contribution is -1.92. The average Bonchev–Trinajstić information content (AvgIpc) is 2.09. The van der Waals surface area contributed by atoms with Gasteiger partial charge in [-0.2, -0.15) is 4.99 Å². The second kappa shape index (κ2) is 3.68. The second-order valence-corrected chi connectivity index (χ2v) is 2.54. The van der Waals surface area contributed by atoms with Gasteiger partial charge in [-0.1, -0.05) is 0 Å². The highest BCUT2D eigenvalue weighted by Crippen LogP contribution is 2.26. The summed E-state index contributed by atoms with van der Waals surface area (Å²) in [7, 11) is 0. The molecule has 68 valence electrons. The van der Waals surface area contributed by atoms with Crippen LogP contribution in [-0.2, 0) is 0 Å². The molecule has 5 heteroatoms. The summed E-state index contributed by atoms with van der Waals surface area (Å²) in [5.41, 5.74) is -0.754. The van der Waals surface area contributed by atoms with Crippen molar-refractivity contribution in [2.45, 2.75) is 6.92 Å². The number of hydrogen-bond acceptors (Lipinski definition) is 2. The van der Waals surface area contributed by atoms with Crippen LogP contribution in [0.1, 0.15) is 5.56 Å². The Hall–Kier alpha value is -1.19. The van der Waals surface area contributed by atoms with Crippen molar-refractivity contribution in [1.82, 2.24) is 0 Å². The van der Waals surface area contributed by atoms with E-state index >= 15 is 0 Å². The van der Waals surface area contributed by atoms with Crippen molar-refractivity contribution in [3.8, 4) is 0 Å². The van der Waals surface area contributed by atoms with Crippen LogP contribution in [0.15, 0.2) is 11.1 Å². The first-order valence-corrected chi connectivity index (χ1v) is 3.70. The number of nitrogens with zero attached hydrogens (tertiary/aromatic N) is 1. The molecule has 0 bridgehead atoms. The van der Waals surface area contributed by atoms with Gasteiger partial charge in [0, 0.05) is 0 Å².